The molecule has 1 amide bonds. The number of hydrogen-bond donors (Lipinski definition) is 1. The Kier molecular flexibility index (Phi) is 4.10. The average molecular weight is 334 g/mol. The van der Waals surface area contributed by atoms with Gasteiger partial charge >= 0.3 is 5.97 Å². The summed E-state index contributed by atoms with van der Waals surface area (Å²) in [7, 11) is 1.55. The number of nitrogens with zero attached hydrogens (tertiary/aromatic N) is 3. The van der Waals surface area contributed by atoms with E-state index in [2.05, 4.69) is 10.1 Å². The number of esters is 1. The van der Waals surface area contributed by atoms with Crippen molar-refractivity contribution in [2.45, 2.75) is 26.4 Å². The molecule has 3 heterocycles. The lowest BCUT2D eigenvalue weighted by molar-refractivity contribution is 0.0518. The zero-order valence-electron chi connectivity index (χ0n) is 13.7. The lowest BCUT2D eigenvalue weighted by atomic mass is 10.2. The first-order chi connectivity index (χ1) is 11.5. The number of ether oxygens (including phenoxy) is 2. The molecule has 0 bridgehead atoms. The summed E-state index contributed by atoms with van der Waals surface area (Å²) in [6.45, 7) is 4.29. The zero-order valence-corrected chi connectivity index (χ0v) is 13.7. The molecule has 1 aliphatic heterocycles. The van der Waals surface area contributed by atoms with E-state index in [0.29, 0.717) is 12.2 Å². The first kappa shape index (κ1) is 16.2. The summed E-state index contributed by atoms with van der Waals surface area (Å²) in [6.07, 6.45) is 0. The molecule has 2 aromatic heterocycles. The Labute approximate surface area is 137 Å². The predicted molar refractivity (Wildman–Crippen MR) is 83.0 cm³/mol. The Morgan fingerprint density at radius 3 is 2.88 bits per heavy atom. The van der Waals surface area contributed by atoms with Crippen molar-refractivity contribution < 1.29 is 19.1 Å². The third-order valence-corrected chi connectivity index (χ3v) is 3.94. The lowest BCUT2D eigenvalue weighted by Gasteiger charge is -2.22. The highest BCUT2D eigenvalue weighted by Crippen LogP contribution is 2.21. The summed E-state index contributed by atoms with van der Waals surface area (Å²) in [4.78, 5) is 42.7. The van der Waals surface area contributed by atoms with E-state index >= 15 is 0 Å². The van der Waals surface area contributed by atoms with Crippen LogP contribution in [0, 0.1) is 0 Å². The van der Waals surface area contributed by atoms with Crippen LogP contribution in [-0.2, 0) is 16.0 Å². The fourth-order valence-corrected chi connectivity index (χ4v) is 2.76. The highest BCUT2D eigenvalue weighted by atomic mass is 16.5. The van der Waals surface area contributed by atoms with Crippen molar-refractivity contribution in [2.75, 3.05) is 20.3 Å². The molecule has 9 nitrogen and oxygen atoms in total. The molecule has 0 spiro atoms. The van der Waals surface area contributed by atoms with Crippen LogP contribution in [-0.4, -0.2) is 57.7 Å². The second-order valence-electron chi connectivity index (χ2n) is 5.57. The van der Waals surface area contributed by atoms with Gasteiger partial charge in [0.05, 0.1) is 31.4 Å². The van der Waals surface area contributed by atoms with Gasteiger partial charge in [-0.25, -0.2) is 14.3 Å². The number of hydrogen-bond acceptors (Lipinski definition) is 6. The number of rotatable bonds is 5. The Morgan fingerprint density at radius 2 is 2.21 bits per heavy atom. The maximum absolute atomic E-state index is 12.6. The van der Waals surface area contributed by atoms with Crippen molar-refractivity contribution in [3.63, 3.8) is 0 Å². The van der Waals surface area contributed by atoms with Gasteiger partial charge in [-0.15, -0.1) is 0 Å². The number of carbonyl (C=O) groups is 2. The molecule has 0 aliphatic carbocycles. The van der Waals surface area contributed by atoms with E-state index in [4.69, 9.17) is 9.47 Å². The van der Waals surface area contributed by atoms with Crippen LogP contribution in [0.15, 0.2) is 10.9 Å². The van der Waals surface area contributed by atoms with Crippen molar-refractivity contribution in [2.24, 2.45) is 0 Å². The average Bonchev–Trinajstić information content (AvgIpc) is 3.11. The van der Waals surface area contributed by atoms with Crippen molar-refractivity contribution >= 4 is 17.5 Å². The number of carbonyl (C=O) groups excluding carboxylic acids is 2. The highest BCUT2D eigenvalue weighted by Gasteiger charge is 2.35. The third-order valence-electron chi connectivity index (χ3n) is 3.94. The number of fused-ring (bicyclic) bond motifs is 2. The summed E-state index contributed by atoms with van der Waals surface area (Å²) in [5.41, 5.74) is 0.347. The van der Waals surface area contributed by atoms with E-state index < -0.39 is 11.5 Å². The number of nitrogens with one attached hydrogen (secondary N) is 1. The maximum atomic E-state index is 12.6. The Bertz CT molecular complexity index is 869. The number of aromatic nitrogens is 3. The standard InChI is InChI=1S/C15H18N4O5/c1-4-24-15(22)10-5-11-16-12-9(13(20)19(11)17-10)6-18(14(12)21)8(2)7-23-3/h5,8,17H,4,6-7H2,1-3H3/t8-/m0/s1. The van der Waals surface area contributed by atoms with Gasteiger partial charge in [0, 0.05) is 13.2 Å². The fourth-order valence-electron chi connectivity index (χ4n) is 2.76. The summed E-state index contributed by atoms with van der Waals surface area (Å²) < 4.78 is 11.1. The molecule has 0 saturated heterocycles. The number of methoxy groups -OCH3 is 1. The second kappa shape index (κ2) is 6.08. The Morgan fingerprint density at radius 1 is 1.46 bits per heavy atom. The molecular weight excluding hydrogens is 316 g/mol. The molecule has 9 heteroatoms. The minimum absolute atomic E-state index is 0.113. The summed E-state index contributed by atoms with van der Waals surface area (Å²) in [6, 6.07) is 1.23. The zero-order chi connectivity index (χ0) is 17.4. The van der Waals surface area contributed by atoms with Crippen molar-refractivity contribution in [1.29, 1.82) is 0 Å². The molecule has 0 saturated carbocycles. The van der Waals surface area contributed by atoms with E-state index in [0.717, 1.165) is 4.52 Å². The van der Waals surface area contributed by atoms with Gasteiger partial charge < -0.3 is 14.4 Å². The monoisotopic (exact) mass is 334 g/mol. The Hall–Kier alpha value is -2.68. The summed E-state index contributed by atoms with van der Waals surface area (Å²) in [5.74, 6) is -0.891. The summed E-state index contributed by atoms with van der Waals surface area (Å²) >= 11 is 0. The van der Waals surface area contributed by atoms with Gasteiger partial charge in [0.2, 0.25) is 0 Å². The number of aromatic amines is 1. The van der Waals surface area contributed by atoms with Crippen molar-refractivity contribution in [1.82, 2.24) is 19.5 Å². The quantitative estimate of drug-likeness (QED) is 0.783. The van der Waals surface area contributed by atoms with E-state index in [1.807, 2.05) is 6.92 Å². The summed E-state index contributed by atoms with van der Waals surface area (Å²) in [5, 5.41) is 2.67. The predicted octanol–water partition coefficient (Wildman–Crippen LogP) is 0.190. The van der Waals surface area contributed by atoms with Crippen LogP contribution in [0.5, 0.6) is 0 Å². The molecule has 1 aliphatic rings. The molecule has 0 unspecified atom stereocenters. The fraction of sp³-hybridized carbons (Fsp3) is 0.467. The van der Waals surface area contributed by atoms with E-state index in [1.54, 1.807) is 18.9 Å². The minimum atomic E-state index is -0.579. The molecule has 0 aromatic carbocycles. The highest BCUT2D eigenvalue weighted by molar-refractivity contribution is 5.97. The van der Waals surface area contributed by atoms with Gasteiger partial charge in [0.15, 0.2) is 5.65 Å². The molecule has 1 atom stereocenters. The van der Waals surface area contributed by atoms with Crippen LogP contribution in [0.25, 0.3) is 5.65 Å². The van der Waals surface area contributed by atoms with Gasteiger partial charge in [-0.2, -0.15) is 0 Å². The van der Waals surface area contributed by atoms with Gasteiger partial charge in [-0.05, 0) is 13.8 Å². The van der Waals surface area contributed by atoms with Gasteiger partial charge in [0.1, 0.15) is 11.4 Å². The molecule has 2 aromatic rings. The van der Waals surface area contributed by atoms with Crippen LogP contribution in [0.2, 0.25) is 0 Å². The van der Waals surface area contributed by atoms with Crippen LogP contribution in [0.4, 0.5) is 0 Å². The van der Waals surface area contributed by atoms with Crippen molar-refractivity contribution in [3.05, 3.63) is 33.4 Å². The topological polar surface area (TPSA) is 106 Å². The van der Waals surface area contributed by atoms with E-state index in [9.17, 15) is 14.4 Å². The molecule has 0 fully saturated rings. The van der Waals surface area contributed by atoms with Crippen molar-refractivity contribution in [3.8, 4) is 0 Å². The van der Waals surface area contributed by atoms with Crippen LogP contribution < -0.4 is 5.56 Å². The minimum Gasteiger partial charge on any atom is -0.461 e. The molecule has 1 N–H and O–H groups in total. The molecular formula is C15H18N4O5. The van der Waals surface area contributed by atoms with Crippen LogP contribution >= 0.6 is 0 Å². The maximum Gasteiger partial charge on any atom is 0.356 e. The first-order valence-electron chi connectivity index (χ1n) is 7.59. The van der Waals surface area contributed by atoms with Crippen LogP contribution in [0.1, 0.15) is 40.4 Å². The lowest BCUT2D eigenvalue weighted by Crippen LogP contribution is -2.36. The molecule has 0 radical (unpaired) electrons. The van der Waals surface area contributed by atoms with Gasteiger partial charge in [-0.1, -0.05) is 0 Å². The number of H-pyrrole nitrogens is 1. The Balaban J connectivity index is 2.03. The molecule has 3 rings (SSSR count). The van der Waals surface area contributed by atoms with Gasteiger partial charge in [-0.3, -0.25) is 14.7 Å². The third kappa shape index (κ3) is 2.46. The second-order valence-corrected chi connectivity index (χ2v) is 5.57. The van der Waals surface area contributed by atoms with Crippen LogP contribution in [0.3, 0.4) is 0 Å². The molecule has 128 valence electrons. The van der Waals surface area contributed by atoms with Gasteiger partial charge in [0.25, 0.3) is 11.5 Å². The smallest absolute Gasteiger partial charge is 0.356 e. The normalized spacial score (nSPS) is 15.0. The number of amides is 1. The SMILES string of the molecule is CCOC(=O)c1cc2nc3c(c(=O)n2[nH]1)CN([C@@H](C)COC)C3=O. The van der Waals surface area contributed by atoms with E-state index in [1.165, 1.54) is 6.07 Å². The first-order valence-corrected chi connectivity index (χ1v) is 7.59. The molecule has 24 heavy (non-hydrogen) atoms. The van der Waals surface area contributed by atoms with E-state index in [-0.39, 0.29) is 42.1 Å². The largest absolute Gasteiger partial charge is 0.461 e.